The van der Waals surface area contributed by atoms with Crippen molar-refractivity contribution in [2.75, 3.05) is 18.1 Å². The van der Waals surface area contributed by atoms with Crippen molar-refractivity contribution in [1.82, 2.24) is 10.4 Å². The van der Waals surface area contributed by atoms with Gasteiger partial charge in [-0.2, -0.15) is 5.10 Å². The zero-order valence-electron chi connectivity index (χ0n) is 18.9. The molecule has 2 unspecified atom stereocenters. The van der Waals surface area contributed by atoms with Gasteiger partial charge >= 0.3 is 0 Å². The van der Waals surface area contributed by atoms with Crippen LogP contribution in [0.3, 0.4) is 0 Å². The van der Waals surface area contributed by atoms with Crippen molar-refractivity contribution in [3.63, 3.8) is 0 Å². The van der Waals surface area contributed by atoms with Crippen LogP contribution >= 0.6 is 51.5 Å². The highest BCUT2D eigenvalue weighted by atomic mass is 79.9. The molecule has 1 amide bonds. The molecule has 1 saturated carbocycles. The first-order valence-corrected chi connectivity index (χ1v) is 13.1. The van der Waals surface area contributed by atoms with Crippen molar-refractivity contribution in [2.45, 2.75) is 38.6 Å². The third-order valence-corrected chi connectivity index (χ3v) is 8.30. The van der Waals surface area contributed by atoms with E-state index in [-0.39, 0.29) is 30.3 Å². The normalized spacial score (nSPS) is 26.2. The fourth-order valence-electron chi connectivity index (χ4n) is 5.63. The molecule has 2 aliphatic heterocycles. The molecule has 1 N–H and O–H groups in total. The first-order chi connectivity index (χ1) is 15.9. The lowest BCUT2D eigenvalue weighted by Gasteiger charge is -2.29. The minimum absolute atomic E-state index is 0. The molecule has 4 atom stereocenters. The predicted molar refractivity (Wildman–Crippen MR) is 145 cm³/mol. The van der Waals surface area contributed by atoms with E-state index in [4.69, 9.17) is 28.3 Å². The van der Waals surface area contributed by atoms with Gasteiger partial charge in [-0.05, 0) is 67.0 Å². The second-order valence-electron chi connectivity index (χ2n) is 9.23. The lowest BCUT2D eigenvalue weighted by molar-refractivity contribution is -0.119. The van der Waals surface area contributed by atoms with Crippen LogP contribution < -0.4 is 10.4 Å². The van der Waals surface area contributed by atoms with Gasteiger partial charge in [-0.25, -0.2) is 5.01 Å². The summed E-state index contributed by atoms with van der Waals surface area (Å²) in [5.41, 5.74) is 5.54. The second-order valence-corrected chi connectivity index (χ2v) is 11.0. The number of amides is 1. The van der Waals surface area contributed by atoms with Crippen molar-refractivity contribution in [3.05, 3.63) is 62.5 Å². The Kier molecular flexibility index (Phi) is 8.15. The molecule has 0 radical (unpaired) electrons. The molecule has 2 aromatic carbocycles. The van der Waals surface area contributed by atoms with Crippen LogP contribution in [-0.2, 0) is 4.79 Å². The van der Waals surface area contributed by atoms with E-state index in [2.05, 4.69) is 45.4 Å². The molecule has 2 heterocycles. The lowest BCUT2D eigenvalue weighted by Crippen LogP contribution is -2.45. The Hall–Kier alpha value is -1.31. The lowest BCUT2D eigenvalue weighted by atomic mass is 9.87. The van der Waals surface area contributed by atoms with Gasteiger partial charge in [-0.15, -0.1) is 12.4 Å². The first kappa shape index (κ1) is 25.8. The maximum atomic E-state index is 13.5. The Morgan fingerprint density at radius 2 is 1.79 bits per heavy atom. The van der Waals surface area contributed by atoms with Crippen molar-refractivity contribution in [2.24, 2.45) is 22.9 Å². The standard InChI is InChI=1S/C25H27BrCl2N4O.ClH/c1-2-20-23(25(33)30-31-13-16-4-3-5-17(16)14-31)29-32(22-11-10-19(27)12-21(22)28)24(20)15-6-8-18(26)9-7-15;/h6-12,16-17,20,24H,2-5,13-14H2,1H3,(H,30,33);1H/t16?,17?,20-,24-;/m1./s1. The molecule has 182 valence electrons. The van der Waals surface area contributed by atoms with E-state index in [1.807, 2.05) is 23.2 Å². The minimum Gasteiger partial charge on any atom is -0.284 e. The molecular formula is C25H28BrCl3N4O. The van der Waals surface area contributed by atoms with E-state index in [1.165, 1.54) is 19.3 Å². The number of anilines is 1. The molecule has 3 aliphatic rings. The summed E-state index contributed by atoms with van der Waals surface area (Å²) in [7, 11) is 0. The maximum absolute atomic E-state index is 13.5. The summed E-state index contributed by atoms with van der Waals surface area (Å²) in [6.45, 7) is 3.97. The molecule has 0 bridgehead atoms. The van der Waals surface area contributed by atoms with E-state index in [9.17, 15) is 4.79 Å². The van der Waals surface area contributed by atoms with Crippen molar-refractivity contribution in [1.29, 1.82) is 0 Å². The third kappa shape index (κ3) is 4.98. The quantitative estimate of drug-likeness (QED) is 0.415. The van der Waals surface area contributed by atoms with E-state index in [1.54, 1.807) is 12.1 Å². The van der Waals surface area contributed by atoms with Crippen LogP contribution in [0.4, 0.5) is 5.69 Å². The number of fused-ring (bicyclic) bond motifs is 1. The highest BCUT2D eigenvalue weighted by Crippen LogP contribution is 2.44. The summed E-state index contributed by atoms with van der Waals surface area (Å²) < 4.78 is 1.01. The Bertz CT molecular complexity index is 1070. The van der Waals surface area contributed by atoms with Crippen LogP contribution in [0, 0.1) is 17.8 Å². The summed E-state index contributed by atoms with van der Waals surface area (Å²) in [5, 5.41) is 9.93. The summed E-state index contributed by atoms with van der Waals surface area (Å²) in [6, 6.07) is 13.4. The van der Waals surface area contributed by atoms with Gasteiger partial charge in [0.25, 0.3) is 5.91 Å². The van der Waals surface area contributed by atoms with E-state index in [0.717, 1.165) is 35.2 Å². The second kappa shape index (κ2) is 10.8. The number of halogens is 4. The molecule has 34 heavy (non-hydrogen) atoms. The molecule has 2 fully saturated rings. The number of hydrazine groups is 1. The molecule has 1 saturated heterocycles. The Morgan fingerprint density at radius 3 is 2.41 bits per heavy atom. The first-order valence-electron chi connectivity index (χ1n) is 11.6. The van der Waals surface area contributed by atoms with Crippen molar-refractivity contribution >= 4 is 68.8 Å². The number of hydrogen-bond acceptors (Lipinski definition) is 4. The van der Waals surface area contributed by atoms with Crippen LogP contribution in [0.25, 0.3) is 0 Å². The van der Waals surface area contributed by atoms with Gasteiger partial charge in [-0.1, -0.05) is 64.6 Å². The monoisotopic (exact) mass is 584 g/mol. The van der Waals surface area contributed by atoms with Crippen molar-refractivity contribution in [3.8, 4) is 0 Å². The zero-order chi connectivity index (χ0) is 23.1. The van der Waals surface area contributed by atoms with Crippen molar-refractivity contribution < 1.29 is 4.79 Å². The number of rotatable bonds is 5. The number of hydrogen-bond donors (Lipinski definition) is 1. The van der Waals surface area contributed by atoms with Gasteiger partial charge < -0.3 is 0 Å². The Labute approximate surface area is 225 Å². The van der Waals surface area contributed by atoms with Crippen LogP contribution in [0.1, 0.15) is 44.2 Å². The topological polar surface area (TPSA) is 47.9 Å². The highest BCUT2D eigenvalue weighted by molar-refractivity contribution is 9.10. The fourth-order valence-corrected chi connectivity index (χ4v) is 6.39. The average Bonchev–Trinajstić information content (AvgIpc) is 3.47. The molecule has 1 aliphatic carbocycles. The summed E-state index contributed by atoms with van der Waals surface area (Å²) in [5.74, 6) is 1.23. The molecule has 0 aromatic heterocycles. The van der Waals surface area contributed by atoms with Gasteiger partial charge in [0.15, 0.2) is 0 Å². The van der Waals surface area contributed by atoms with E-state index in [0.29, 0.717) is 27.6 Å². The molecular weight excluding hydrogens is 559 g/mol. The zero-order valence-corrected chi connectivity index (χ0v) is 22.8. The summed E-state index contributed by atoms with van der Waals surface area (Å²) in [6.07, 6.45) is 4.63. The summed E-state index contributed by atoms with van der Waals surface area (Å²) in [4.78, 5) is 13.5. The number of nitrogens with zero attached hydrogens (tertiary/aromatic N) is 3. The highest BCUT2D eigenvalue weighted by Gasteiger charge is 2.43. The molecule has 2 aromatic rings. The molecule has 5 rings (SSSR count). The van der Waals surface area contributed by atoms with Crippen LogP contribution in [0.15, 0.2) is 52.0 Å². The van der Waals surface area contributed by atoms with E-state index < -0.39 is 0 Å². The number of carbonyl (C=O) groups is 1. The summed E-state index contributed by atoms with van der Waals surface area (Å²) >= 11 is 16.3. The van der Waals surface area contributed by atoms with E-state index >= 15 is 0 Å². The number of nitrogens with one attached hydrogen (secondary N) is 1. The van der Waals surface area contributed by atoms with Gasteiger partial charge in [0.1, 0.15) is 5.71 Å². The molecule has 0 spiro atoms. The predicted octanol–water partition coefficient (Wildman–Crippen LogP) is 6.88. The number of hydrazone groups is 1. The molecule has 5 nitrogen and oxygen atoms in total. The SMILES string of the molecule is CC[C@@H]1C(C(=O)NN2CC3CCCC3C2)=NN(c2ccc(Cl)cc2Cl)[C@@H]1c1ccc(Br)cc1.Cl. The minimum atomic E-state index is -0.138. The number of benzene rings is 2. The third-order valence-electron chi connectivity index (χ3n) is 7.24. The Balaban J connectivity index is 0.00000274. The Morgan fingerprint density at radius 1 is 1.12 bits per heavy atom. The smallest absolute Gasteiger partial charge is 0.282 e. The maximum Gasteiger partial charge on any atom is 0.282 e. The van der Waals surface area contributed by atoms with Crippen LogP contribution in [-0.4, -0.2) is 29.7 Å². The fraction of sp³-hybridized carbons (Fsp3) is 0.440. The molecule has 9 heteroatoms. The van der Waals surface area contributed by atoms with Gasteiger partial charge in [0, 0.05) is 28.5 Å². The largest absolute Gasteiger partial charge is 0.284 e. The average molecular weight is 587 g/mol. The van der Waals surface area contributed by atoms with Gasteiger partial charge in [0.2, 0.25) is 0 Å². The number of carbonyl (C=O) groups excluding carboxylic acids is 1. The van der Waals surface area contributed by atoms with Gasteiger partial charge in [0.05, 0.1) is 16.8 Å². The van der Waals surface area contributed by atoms with Gasteiger partial charge in [-0.3, -0.25) is 15.2 Å². The van der Waals surface area contributed by atoms with Crippen LogP contribution in [0.5, 0.6) is 0 Å². The van der Waals surface area contributed by atoms with Crippen LogP contribution in [0.2, 0.25) is 10.0 Å².